The van der Waals surface area contributed by atoms with Crippen LogP contribution in [0.3, 0.4) is 0 Å². The van der Waals surface area contributed by atoms with Gasteiger partial charge in [-0.25, -0.2) is 27.3 Å². The molecule has 0 amide bonds. The molecule has 0 radical (unpaired) electrons. The molecule has 2 heterocycles. The van der Waals surface area contributed by atoms with Crippen LogP contribution in [-0.2, 0) is 31.6 Å². The molecule has 0 saturated carbocycles. The van der Waals surface area contributed by atoms with E-state index in [1.54, 1.807) is 11.8 Å². The number of phosphoric ester groups is 1. The minimum atomic E-state index is -5.87. The lowest BCUT2D eigenvalue weighted by Gasteiger charge is -2.25. The van der Waals surface area contributed by atoms with E-state index in [-0.39, 0.29) is 10.5 Å². The SMILES string of the molecule is C[C@H](OP(=O)(O)OP(=O)(O)OP(=O)(O)O)[C@H]1O[C@@H](n2ncc(N)nc2=O)[C@@](F)(C#CCF)C1O. The minimum absolute atomic E-state index is 0.254. The summed E-state index contributed by atoms with van der Waals surface area (Å²) in [5, 5.41) is 13.9. The molecule has 2 rings (SSSR count). The Morgan fingerprint density at radius 2 is 1.91 bits per heavy atom. The molecule has 1 aromatic heterocycles. The lowest BCUT2D eigenvalue weighted by atomic mass is 9.94. The van der Waals surface area contributed by atoms with Gasteiger partial charge in [0.1, 0.15) is 24.7 Å². The van der Waals surface area contributed by atoms with E-state index in [1.807, 2.05) is 0 Å². The Kier molecular flexibility index (Phi) is 8.54. The second-order valence-electron chi connectivity index (χ2n) is 6.41. The fourth-order valence-electron chi connectivity index (χ4n) is 2.71. The monoisotopic (exact) mass is 556 g/mol. The summed E-state index contributed by atoms with van der Waals surface area (Å²) in [4.78, 5) is 51.2. The number of anilines is 1. The number of hydrogen-bond donors (Lipinski definition) is 6. The fourth-order valence-corrected chi connectivity index (χ4v) is 5.91. The number of ether oxygens (including phenoxy) is 1. The molecule has 1 aromatic rings. The van der Waals surface area contributed by atoms with Crippen molar-refractivity contribution in [3.05, 3.63) is 16.7 Å². The first-order chi connectivity index (χ1) is 15.4. The third-order valence-electron chi connectivity index (χ3n) is 3.87. The van der Waals surface area contributed by atoms with Crippen LogP contribution in [0.4, 0.5) is 14.6 Å². The van der Waals surface area contributed by atoms with Gasteiger partial charge in [0.25, 0.3) is 0 Å². The fraction of sp³-hybridized carbons (Fsp3) is 0.583. The molecule has 17 nitrogen and oxygen atoms in total. The van der Waals surface area contributed by atoms with Crippen molar-refractivity contribution < 1.29 is 65.0 Å². The summed E-state index contributed by atoms with van der Waals surface area (Å²) in [7, 11) is -17.2. The van der Waals surface area contributed by atoms with Crippen molar-refractivity contribution in [1.29, 1.82) is 0 Å². The molecular formula is C12H17F2N4O13P3. The number of nitrogens with zero attached hydrogens (tertiary/aromatic N) is 3. The second kappa shape index (κ2) is 10.2. The van der Waals surface area contributed by atoms with E-state index in [0.717, 1.165) is 13.1 Å². The van der Waals surface area contributed by atoms with Crippen molar-refractivity contribution in [2.45, 2.75) is 37.1 Å². The van der Waals surface area contributed by atoms with Crippen LogP contribution in [0.1, 0.15) is 13.2 Å². The number of alkyl halides is 2. The van der Waals surface area contributed by atoms with Crippen LogP contribution in [0.15, 0.2) is 11.0 Å². The Bertz CT molecular complexity index is 1180. The quantitative estimate of drug-likeness (QED) is 0.164. The average Bonchev–Trinajstić information content (AvgIpc) is 2.88. The first-order valence-electron chi connectivity index (χ1n) is 8.53. The Labute approximate surface area is 187 Å². The number of hydrogen-bond acceptors (Lipinski definition) is 12. The zero-order chi connectivity index (χ0) is 26.1. The maximum absolute atomic E-state index is 15.6. The van der Waals surface area contributed by atoms with Crippen molar-refractivity contribution in [3.63, 3.8) is 0 Å². The van der Waals surface area contributed by atoms with Gasteiger partial charge in [-0.3, -0.25) is 4.52 Å². The number of halogens is 2. The maximum Gasteiger partial charge on any atom is 0.490 e. The highest BCUT2D eigenvalue weighted by molar-refractivity contribution is 7.66. The molecule has 22 heteroatoms. The van der Waals surface area contributed by atoms with Crippen molar-refractivity contribution in [1.82, 2.24) is 14.8 Å². The number of aromatic nitrogens is 3. The van der Waals surface area contributed by atoms with E-state index in [9.17, 15) is 37.8 Å². The van der Waals surface area contributed by atoms with Crippen molar-refractivity contribution >= 4 is 29.3 Å². The predicted molar refractivity (Wildman–Crippen MR) is 103 cm³/mol. The number of aliphatic hydroxyl groups is 1. The highest BCUT2D eigenvalue weighted by Gasteiger charge is 2.61. The Balaban J connectivity index is 2.34. The zero-order valence-corrected chi connectivity index (χ0v) is 19.3. The molecule has 1 aliphatic heterocycles. The van der Waals surface area contributed by atoms with E-state index >= 15 is 4.39 Å². The molecule has 1 saturated heterocycles. The molecule has 0 aromatic carbocycles. The Morgan fingerprint density at radius 3 is 2.44 bits per heavy atom. The van der Waals surface area contributed by atoms with Crippen molar-refractivity contribution in [2.24, 2.45) is 0 Å². The highest BCUT2D eigenvalue weighted by atomic mass is 31.3. The standard InChI is InChI=1S/C12H17F2N4O13P3/c1-6(29-33(24,25)31-34(26,27)30-32(21,22)23)8-9(19)12(14,3-2-4-13)10(28-8)18-11(20)17-7(15)5-16-18/h5-6,8-10,19H,4H2,1H3,(H,24,25)(H,26,27)(H2,15,17,20)(H2,21,22,23)/t6-,8+,9?,10+,12+/m0/s1. The van der Waals surface area contributed by atoms with Crippen LogP contribution < -0.4 is 11.4 Å². The second-order valence-corrected chi connectivity index (χ2v) is 10.8. The summed E-state index contributed by atoms with van der Waals surface area (Å²) in [5.41, 5.74) is 0.751. The summed E-state index contributed by atoms with van der Waals surface area (Å²) >= 11 is 0. The van der Waals surface area contributed by atoms with Crippen molar-refractivity contribution in [3.8, 4) is 11.8 Å². The third kappa shape index (κ3) is 6.95. The molecule has 34 heavy (non-hydrogen) atoms. The van der Waals surface area contributed by atoms with Crippen LogP contribution in [0.2, 0.25) is 0 Å². The largest absolute Gasteiger partial charge is 0.490 e. The van der Waals surface area contributed by atoms with Gasteiger partial charge in [-0.15, -0.1) is 0 Å². The molecule has 1 aliphatic rings. The van der Waals surface area contributed by atoms with E-state index in [2.05, 4.69) is 23.2 Å². The summed E-state index contributed by atoms with van der Waals surface area (Å²) in [6, 6.07) is 0. The number of nitrogen functional groups attached to an aromatic ring is 1. The van der Waals surface area contributed by atoms with Crippen LogP contribution in [0, 0.1) is 11.8 Å². The van der Waals surface area contributed by atoms with E-state index < -0.39 is 66.0 Å². The molecule has 0 spiro atoms. The minimum Gasteiger partial charge on any atom is -0.386 e. The van der Waals surface area contributed by atoms with Gasteiger partial charge in [-0.1, -0.05) is 11.8 Å². The van der Waals surface area contributed by atoms with Gasteiger partial charge >= 0.3 is 29.2 Å². The van der Waals surface area contributed by atoms with Gasteiger partial charge in [0, 0.05) is 0 Å². The topological polar surface area (TPSA) is 263 Å². The van der Waals surface area contributed by atoms with Crippen LogP contribution in [0.5, 0.6) is 0 Å². The number of nitrogens with two attached hydrogens (primary N) is 1. The highest BCUT2D eigenvalue weighted by Crippen LogP contribution is 2.66. The predicted octanol–water partition coefficient (Wildman–Crippen LogP) is -1.11. The molecule has 7 N–H and O–H groups in total. The van der Waals surface area contributed by atoms with Crippen LogP contribution in [0.25, 0.3) is 0 Å². The van der Waals surface area contributed by atoms with Crippen LogP contribution in [-0.4, -0.2) is 70.1 Å². The molecule has 7 atom stereocenters. The molecule has 3 unspecified atom stereocenters. The molecule has 0 bridgehead atoms. The van der Waals surface area contributed by atoms with Crippen molar-refractivity contribution in [2.75, 3.05) is 12.4 Å². The van der Waals surface area contributed by atoms with E-state index in [4.69, 9.17) is 20.3 Å². The number of rotatable bonds is 8. The summed E-state index contributed by atoms with van der Waals surface area (Å²) in [5.74, 6) is 3.06. The Hall–Kier alpha value is -1.64. The molecule has 0 aliphatic carbocycles. The first-order valence-corrected chi connectivity index (χ1v) is 13.0. The molecule has 192 valence electrons. The van der Waals surface area contributed by atoms with E-state index in [1.165, 1.54) is 0 Å². The molecule has 1 fully saturated rings. The lowest BCUT2D eigenvalue weighted by molar-refractivity contribution is -0.0828. The normalized spacial score (nSPS) is 29.5. The number of phosphoric acid groups is 3. The van der Waals surface area contributed by atoms with Gasteiger partial charge in [-0.2, -0.15) is 23.4 Å². The van der Waals surface area contributed by atoms with Gasteiger partial charge in [-0.05, 0) is 6.92 Å². The first kappa shape index (κ1) is 28.6. The smallest absolute Gasteiger partial charge is 0.386 e. The van der Waals surface area contributed by atoms with Gasteiger partial charge in [0.15, 0.2) is 0 Å². The Morgan fingerprint density at radius 1 is 1.29 bits per heavy atom. The van der Waals surface area contributed by atoms with Gasteiger partial charge < -0.3 is 35.2 Å². The average molecular weight is 556 g/mol. The molecular weight excluding hydrogens is 539 g/mol. The zero-order valence-electron chi connectivity index (χ0n) is 16.6. The lowest BCUT2D eigenvalue weighted by Crippen LogP contribution is -2.46. The summed E-state index contributed by atoms with van der Waals surface area (Å²) in [6.45, 7) is -0.510. The van der Waals surface area contributed by atoms with Gasteiger partial charge in [0.2, 0.25) is 11.9 Å². The van der Waals surface area contributed by atoms with Crippen LogP contribution >= 0.6 is 23.5 Å². The summed E-state index contributed by atoms with van der Waals surface area (Å²) < 4.78 is 79.3. The maximum atomic E-state index is 15.6. The third-order valence-corrected chi connectivity index (χ3v) is 7.80. The van der Waals surface area contributed by atoms with Gasteiger partial charge in [0.05, 0.1) is 12.3 Å². The van der Waals surface area contributed by atoms with E-state index in [0.29, 0.717) is 0 Å². The summed E-state index contributed by atoms with van der Waals surface area (Å²) in [6.07, 6.45) is -7.71. The number of aliphatic hydroxyl groups excluding tert-OH is 1.